The highest BCUT2D eigenvalue weighted by Gasteiger charge is 2.50. The number of nitrogens with zero attached hydrogens (tertiary/aromatic N) is 4. The Morgan fingerprint density at radius 3 is 1.05 bits per heavy atom. The highest BCUT2D eigenvalue weighted by atomic mass is 19.2. The van der Waals surface area contributed by atoms with Crippen LogP contribution in [0, 0.1) is 76.0 Å². The normalized spacial score (nSPS) is 27.0. The van der Waals surface area contributed by atoms with Crippen molar-refractivity contribution in [1.82, 2.24) is 19.6 Å². The summed E-state index contributed by atoms with van der Waals surface area (Å²) >= 11 is 0. The van der Waals surface area contributed by atoms with Crippen LogP contribution in [0.4, 0.5) is 39.5 Å². The second kappa shape index (κ2) is 31.0. The van der Waals surface area contributed by atoms with E-state index in [1.54, 1.807) is 4.90 Å². The van der Waals surface area contributed by atoms with Gasteiger partial charge < -0.3 is 51.4 Å². The van der Waals surface area contributed by atoms with Crippen LogP contribution < -0.4 is 17.2 Å². The van der Waals surface area contributed by atoms with Crippen molar-refractivity contribution in [3.8, 4) is 0 Å². The average Bonchev–Trinajstić information content (AvgIpc) is 1.62. The molecule has 12 atom stereocenters. The minimum atomic E-state index is -1.22. The number of ketones is 2. The molecule has 12 rings (SSSR count). The number of fused-ring (bicyclic) bond motifs is 6. The van der Waals surface area contributed by atoms with E-state index in [0.29, 0.717) is 109 Å². The fourth-order valence-corrected chi connectivity index (χ4v) is 16.2. The molecule has 8 aliphatic heterocycles. The third kappa shape index (κ3) is 17.0. The number of rotatable bonds is 20. The van der Waals surface area contributed by atoms with Gasteiger partial charge in [-0.25, -0.2) is 39.5 Å². The largest absolute Gasteiger partial charge is 0.382 e. The number of carbonyl (C=O) groups excluding carboxylic acids is 6. The first-order valence-electron chi connectivity index (χ1n) is 33.7. The van der Waals surface area contributed by atoms with Gasteiger partial charge in [0.1, 0.15) is 28.8 Å². The van der Waals surface area contributed by atoms with Crippen LogP contribution in [-0.4, -0.2) is 159 Å². The molecule has 0 spiro atoms. The quantitative estimate of drug-likeness (QED) is 0.0616. The minimum absolute atomic E-state index is 0.00205. The van der Waals surface area contributed by atoms with Crippen LogP contribution >= 0.6 is 0 Å². The lowest BCUT2D eigenvalue weighted by molar-refractivity contribution is -0.142. The molecular formula is C69H88F9N7O9. The average molecular weight is 1330 g/mol. The molecule has 94 heavy (non-hydrogen) atoms. The van der Waals surface area contributed by atoms with Crippen LogP contribution in [0.25, 0.3) is 0 Å². The molecule has 3 aromatic rings. The van der Waals surface area contributed by atoms with Gasteiger partial charge in [0, 0.05) is 143 Å². The van der Waals surface area contributed by atoms with Gasteiger partial charge in [-0.15, -0.1) is 0 Å². The standard InChI is InChI=1S/C24H31F3N2O3.C23H30F3N3O3.C22H27F3N2O3/c25-19-13-21(27)20(26)11-15(19)12-22(28)16-9-17-1-2-18(10-16)29(17)24(31)4-3-23(30)14-5-7-32-8-6-14;24-18-13-20(26)19(25)11-14(18)12-21(27)15-9-16-1-2-17(10-15)29(16)23(31)4-3-22(30)28-5-7-32-8-6-28;23-16-11-18(25)17(24)9-12(16)10-19(26)13-7-14-1-2-15(8-13)27(14)21(29)4-3-20(28)22(30)5-6-22/h11,13-14,16-18,22H,1-10,12,28H2;11,13,15-17,21H,1-10,12,27H2;9,11,13-15,19,30H,1-8,10,26H2/t16?,17-,18+,22-;15?,16-,17+,21-;13?,14-,15+,19-/m111/s1. The Labute approximate surface area is 542 Å². The van der Waals surface area contributed by atoms with Crippen LogP contribution in [0.15, 0.2) is 36.4 Å². The van der Waals surface area contributed by atoms with E-state index in [9.17, 15) is 73.4 Å². The molecule has 1 aliphatic carbocycles. The highest BCUT2D eigenvalue weighted by molar-refractivity contribution is 5.93. The smallest absolute Gasteiger partial charge is 0.223 e. The summed E-state index contributed by atoms with van der Waals surface area (Å²) in [7, 11) is 0. The van der Waals surface area contributed by atoms with Gasteiger partial charge in [-0.2, -0.15) is 0 Å². The van der Waals surface area contributed by atoms with Crippen LogP contribution in [0.2, 0.25) is 0 Å². The van der Waals surface area contributed by atoms with Crippen molar-refractivity contribution in [2.45, 2.75) is 220 Å². The predicted molar refractivity (Wildman–Crippen MR) is 326 cm³/mol. The number of benzene rings is 3. The molecule has 0 aromatic heterocycles. The van der Waals surface area contributed by atoms with Crippen molar-refractivity contribution in [2.75, 3.05) is 39.5 Å². The Kier molecular flexibility index (Phi) is 23.4. The number of aliphatic hydroxyl groups is 1. The molecule has 9 aliphatic rings. The first-order chi connectivity index (χ1) is 44.8. The Morgan fingerprint density at radius 2 is 0.713 bits per heavy atom. The van der Waals surface area contributed by atoms with Crippen LogP contribution in [0.1, 0.15) is 158 Å². The van der Waals surface area contributed by atoms with E-state index in [0.717, 1.165) is 69.6 Å². The second-order valence-corrected chi connectivity index (χ2v) is 27.7. The van der Waals surface area contributed by atoms with Gasteiger partial charge in [0.15, 0.2) is 40.7 Å². The molecule has 3 unspecified atom stereocenters. The molecule has 1 saturated carbocycles. The van der Waals surface area contributed by atoms with Crippen molar-refractivity contribution >= 4 is 35.2 Å². The summed E-state index contributed by atoms with van der Waals surface area (Å²) in [5, 5.41) is 9.85. The summed E-state index contributed by atoms with van der Waals surface area (Å²) in [6, 6.07) is 3.39. The minimum Gasteiger partial charge on any atom is -0.382 e. The van der Waals surface area contributed by atoms with Crippen molar-refractivity contribution in [1.29, 1.82) is 0 Å². The van der Waals surface area contributed by atoms with Gasteiger partial charge in [-0.3, -0.25) is 28.8 Å². The van der Waals surface area contributed by atoms with Crippen molar-refractivity contribution < 1.29 is 82.9 Å². The highest BCUT2D eigenvalue weighted by Crippen LogP contribution is 2.44. The zero-order valence-corrected chi connectivity index (χ0v) is 53.0. The zero-order chi connectivity index (χ0) is 67.3. The SMILES string of the molecule is N[C@H](Cc1cc(F)c(F)cc1F)C1C[C@H]2CC[C@@H](C1)N2C(=O)CCC(=O)C1(O)CC1.N[C@H](Cc1cc(F)c(F)cc1F)C1C[C@H]2CC[C@@H](C1)N2C(=O)CCC(=O)C1CCOCC1.N[C@H](Cc1cc(F)c(F)cc1F)C1C[C@H]2CC[C@@H](C1)N2C(=O)CCC(=O)N1CCOCC1. The van der Waals surface area contributed by atoms with Gasteiger partial charge in [0.2, 0.25) is 23.6 Å². The first-order valence-corrected chi connectivity index (χ1v) is 33.7. The number of amides is 4. The molecule has 25 heteroatoms. The third-order valence-electron chi connectivity index (χ3n) is 21.6. The molecule has 8 saturated heterocycles. The van der Waals surface area contributed by atoms with Gasteiger partial charge in [-0.05, 0) is 175 Å². The molecule has 4 amide bonds. The van der Waals surface area contributed by atoms with E-state index >= 15 is 0 Å². The fourth-order valence-electron chi connectivity index (χ4n) is 16.2. The molecule has 516 valence electrons. The van der Waals surface area contributed by atoms with E-state index in [-0.39, 0.29) is 170 Å². The maximum absolute atomic E-state index is 14.0. The topological polar surface area (TPSA) is 232 Å². The van der Waals surface area contributed by atoms with Gasteiger partial charge in [0.05, 0.1) is 13.2 Å². The molecule has 16 nitrogen and oxygen atoms in total. The first kappa shape index (κ1) is 70.8. The lowest BCUT2D eigenvalue weighted by Gasteiger charge is -2.41. The Morgan fingerprint density at radius 1 is 0.415 bits per heavy atom. The summed E-state index contributed by atoms with van der Waals surface area (Å²) in [5.74, 6) is -9.24. The molecule has 9 fully saturated rings. The number of morpholine rings is 1. The van der Waals surface area contributed by atoms with Crippen LogP contribution in [-0.2, 0) is 57.5 Å². The van der Waals surface area contributed by atoms with Gasteiger partial charge >= 0.3 is 0 Å². The van der Waals surface area contributed by atoms with Crippen LogP contribution in [0.3, 0.4) is 0 Å². The maximum Gasteiger partial charge on any atom is 0.223 e. The monoisotopic (exact) mass is 1330 g/mol. The number of hydrogen-bond acceptors (Lipinski definition) is 12. The number of piperidine rings is 3. The predicted octanol–water partition coefficient (Wildman–Crippen LogP) is 8.52. The summed E-state index contributed by atoms with van der Waals surface area (Å²) in [5.41, 5.74) is 18.0. The zero-order valence-electron chi connectivity index (χ0n) is 53.0. The number of ether oxygens (including phenoxy) is 2. The van der Waals surface area contributed by atoms with E-state index in [2.05, 4.69) is 0 Å². The lowest BCUT2D eigenvalue weighted by atomic mass is 9.82. The Bertz CT molecular complexity index is 3060. The molecule has 7 N–H and O–H groups in total. The Balaban J connectivity index is 0.000000154. The Hall–Kier alpha value is -5.99. The second-order valence-electron chi connectivity index (χ2n) is 27.7. The van der Waals surface area contributed by atoms with Gasteiger partial charge in [-0.1, -0.05) is 0 Å². The van der Waals surface area contributed by atoms with Gasteiger partial charge in [0.25, 0.3) is 0 Å². The van der Waals surface area contributed by atoms with Crippen LogP contribution in [0.5, 0.6) is 0 Å². The van der Waals surface area contributed by atoms with Crippen molar-refractivity contribution in [3.63, 3.8) is 0 Å². The van der Waals surface area contributed by atoms with E-state index in [1.165, 1.54) is 0 Å². The van der Waals surface area contributed by atoms with E-state index in [4.69, 9.17) is 26.7 Å². The molecule has 0 radical (unpaired) electrons. The molecule has 3 aromatic carbocycles. The number of halogens is 9. The third-order valence-corrected chi connectivity index (χ3v) is 21.6. The summed E-state index contributed by atoms with van der Waals surface area (Å²) in [6.07, 6.45) is 13.3. The number of carbonyl (C=O) groups is 6. The van der Waals surface area contributed by atoms with E-state index < -0.39 is 76.1 Å². The maximum atomic E-state index is 14.0. The lowest BCUT2D eigenvalue weighted by Crippen LogP contribution is -2.50. The van der Waals surface area contributed by atoms with E-state index in [1.807, 2.05) is 14.7 Å². The molecular weight excluding hydrogens is 1240 g/mol. The number of nitrogens with two attached hydrogens (primary N) is 3. The van der Waals surface area contributed by atoms with Crippen molar-refractivity contribution in [2.24, 2.45) is 40.9 Å². The summed E-state index contributed by atoms with van der Waals surface area (Å²) < 4.78 is 133. The fraction of sp³-hybridized carbons (Fsp3) is 0.652. The molecule has 6 bridgehead atoms. The number of hydrogen-bond donors (Lipinski definition) is 4. The summed E-state index contributed by atoms with van der Waals surface area (Å²) in [6.45, 7) is 3.42. The summed E-state index contributed by atoms with van der Waals surface area (Å²) in [4.78, 5) is 82.8. The molecule has 8 heterocycles. The van der Waals surface area contributed by atoms with Crippen molar-refractivity contribution in [3.05, 3.63) is 105 Å². The number of Topliss-reactive ketones (excluding diaryl/α,β-unsaturated/α-hetero) is 2.